The van der Waals surface area contributed by atoms with Crippen LogP contribution in [-0.4, -0.2) is 31.1 Å². The zero-order chi connectivity index (χ0) is 13.4. The SMILES string of the molecule is CCCN(CC)CCNc1ccc(C#N)c(C)c1. The van der Waals surface area contributed by atoms with E-state index in [2.05, 4.69) is 30.1 Å². The molecule has 0 aliphatic carbocycles. The lowest BCUT2D eigenvalue weighted by atomic mass is 10.1. The molecule has 1 rings (SSSR count). The maximum atomic E-state index is 8.87. The molecule has 1 aromatic rings. The van der Waals surface area contributed by atoms with Crippen LogP contribution in [0.1, 0.15) is 31.4 Å². The first-order valence-corrected chi connectivity index (χ1v) is 6.68. The van der Waals surface area contributed by atoms with E-state index in [0.29, 0.717) is 0 Å². The number of hydrogen-bond donors (Lipinski definition) is 1. The van der Waals surface area contributed by atoms with Gasteiger partial charge in [-0.25, -0.2) is 0 Å². The van der Waals surface area contributed by atoms with E-state index in [4.69, 9.17) is 5.26 Å². The van der Waals surface area contributed by atoms with Gasteiger partial charge < -0.3 is 10.2 Å². The molecule has 1 aromatic carbocycles. The Hall–Kier alpha value is -1.53. The smallest absolute Gasteiger partial charge is 0.0994 e. The highest BCUT2D eigenvalue weighted by Crippen LogP contribution is 2.13. The predicted octanol–water partition coefficient (Wildman–Crippen LogP) is 3.01. The van der Waals surface area contributed by atoms with Crippen LogP contribution in [-0.2, 0) is 0 Å². The highest BCUT2D eigenvalue weighted by Gasteiger charge is 2.01. The first kappa shape index (κ1) is 14.5. The molecule has 98 valence electrons. The third-order valence-electron chi connectivity index (χ3n) is 3.09. The fraction of sp³-hybridized carbons (Fsp3) is 0.533. The van der Waals surface area contributed by atoms with Crippen molar-refractivity contribution >= 4 is 5.69 Å². The van der Waals surface area contributed by atoms with Crippen molar-refractivity contribution in [1.82, 2.24) is 4.90 Å². The van der Waals surface area contributed by atoms with Crippen molar-refractivity contribution in [3.8, 4) is 6.07 Å². The second-order valence-corrected chi connectivity index (χ2v) is 4.50. The lowest BCUT2D eigenvalue weighted by Gasteiger charge is -2.20. The van der Waals surface area contributed by atoms with Gasteiger partial charge in [0.1, 0.15) is 0 Å². The number of benzene rings is 1. The monoisotopic (exact) mass is 245 g/mol. The number of rotatable bonds is 7. The highest BCUT2D eigenvalue weighted by molar-refractivity contribution is 5.51. The number of anilines is 1. The minimum absolute atomic E-state index is 0.752. The highest BCUT2D eigenvalue weighted by atomic mass is 15.1. The van der Waals surface area contributed by atoms with Crippen LogP contribution in [0.4, 0.5) is 5.69 Å². The molecule has 0 aromatic heterocycles. The number of nitrogens with zero attached hydrogens (tertiary/aromatic N) is 2. The van der Waals surface area contributed by atoms with Gasteiger partial charge in [-0.05, 0) is 50.2 Å². The van der Waals surface area contributed by atoms with Gasteiger partial charge in [0.05, 0.1) is 11.6 Å². The summed E-state index contributed by atoms with van der Waals surface area (Å²) < 4.78 is 0. The van der Waals surface area contributed by atoms with Crippen molar-refractivity contribution in [1.29, 1.82) is 5.26 Å². The molecular weight excluding hydrogens is 222 g/mol. The van der Waals surface area contributed by atoms with E-state index < -0.39 is 0 Å². The summed E-state index contributed by atoms with van der Waals surface area (Å²) in [5.74, 6) is 0. The minimum atomic E-state index is 0.752. The molecule has 3 heteroatoms. The molecule has 0 radical (unpaired) electrons. The fourth-order valence-corrected chi connectivity index (χ4v) is 2.00. The summed E-state index contributed by atoms with van der Waals surface area (Å²) in [5, 5.41) is 12.3. The Bertz CT molecular complexity index is 407. The minimum Gasteiger partial charge on any atom is -0.384 e. The van der Waals surface area contributed by atoms with Crippen molar-refractivity contribution in [2.75, 3.05) is 31.5 Å². The Balaban J connectivity index is 2.44. The molecule has 0 heterocycles. The van der Waals surface area contributed by atoms with E-state index in [9.17, 15) is 0 Å². The predicted molar refractivity (Wildman–Crippen MR) is 76.8 cm³/mol. The van der Waals surface area contributed by atoms with Gasteiger partial charge in [-0.1, -0.05) is 13.8 Å². The third kappa shape index (κ3) is 4.38. The Morgan fingerprint density at radius 3 is 2.61 bits per heavy atom. The lowest BCUT2D eigenvalue weighted by molar-refractivity contribution is 0.300. The van der Waals surface area contributed by atoms with Gasteiger partial charge in [-0.2, -0.15) is 5.26 Å². The van der Waals surface area contributed by atoms with Crippen LogP contribution < -0.4 is 5.32 Å². The molecule has 1 N–H and O–H groups in total. The molecule has 0 unspecified atom stereocenters. The first-order chi connectivity index (χ1) is 8.71. The summed E-state index contributed by atoms with van der Waals surface area (Å²) in [7, 11) is 0. The van der Waals surface area contributed by atoms with E-state index in [-0.39, 0.29) is 0 Å². The van der Waals surface area contributed by atoms with Gasteiger partial charge in [0, 0.05) is 18.8 Å². The normalized spacial score (nSPS) is 10.4. The summed E-state index contributed by atoms with van der Waals surface area (Å²) in [6, 6.07) is 8.07. The third-order valence-corrected chi connectivity index (χ3v) is 3.09. The van der Waals surface area contributed by atoms with Crippen molar-refractivity contribution in [3.63, 3.8) is 0 Å². The molecule has 0 aliphatic rings. The number of hydrogen-bond acceptors (Lipinski definition) is 3. The van der Waals surface area contributed by atoms with Crippen molar-refractivity contribution in [2.45, 2.75) is 27.2 Å². The molecule has 3 nitrogen and oxygen atoms in total. The van der Waals surface area contributed by atoms with E-state index in [1.165, 1.54) is 6.42 Å². The zero-order valence-corrected chi connectivity index (χ0v) is 11.7. The lowest BCUT2D eigenvalue weighted by Crippen LogP contribution is -2.29. The number of nitrogens with one attached hydrogen (secondary N) is 1. The van der Waals surface area contributed by atoms with E-state index >= 15 is 0 Å². The Labute approximate surface area is 110 Å². The van der Waals surface area contributed by atoms with Gasteiger partial charge in [-0.15, -0.1) is 0 Å². The molecular formula is C15H23N3. The van der Waals surface area contributed by atoms with Gasteiger partial charge in [0.15, 0.2) is 0 Å². The molecule has 0 bridgehead atoms. The van der Waals surface area contributed by atoms with Gasteiger partial charge >= 0.3 is 0 Å². The van der Waals surface area contributed by atoms with Gasteiger partial charge in [0.2, 0.25) is 0 Å². The van der Waals surface area contributed by atoms with Crippen LogP contribution in [0.3, 0.4) is 0 Å². The maximum absolute atomic E-state index is 8.87. The quantitative estimate of drug-likeness (QED) is 0.802. The Morgan fingerprint density at radius 2 is 2.06 bits per heavy atom. The van der Waals surface area contributed by atoms with E-state index in [1.807, 2.05) is 25.1 Å². The average molecular weight is 245 g/mol. The summed E-state index contributed by atoms with van der Waals surface area (Å²) in [5.41, 5.74) is 2.88. The topological polar surface area (TPSA) is 39.1 Å². The van der Waals surface area contributed by atoms with Crippen LogP contribution >= 0.6 is 0 Å². The standard InChI is InChI=1S/C15H23N3/c1-4-9-18(5-2)10-8-17-15-7-6-14(12-16)13(3)11-15/h6-7,11,17H,4-5,8-10H2,1-3H3. The number of likely N-dealkylation sites (N-methyl/N-ethyl adjacent to an activating group) is 1. The van der Waals surface area contributed by atoms with Crippen molar-refractivity contribution in [3.05, 3.63) is 29.3 Å². The molecule has 0 fully saturated rings. The summed E-state index contributed by atoms with van der Waals surface area (Å²) in [6.07, 6.45) is 1.20. The zero-order valence-electron chi connectivity index (χ0n) is 11.7. The molecule has 0 saturated heterocycles. The van der Waals surface area contributed by atoms with E-state index in [1.54, 1.807) is 0 Å². The second kappa shape index (κ2) is 7.73. The van der Waals surface area contributed by atoms with Crippen LogP contribution in [0.2, 0.25) is 0 Å². The van der Waals surface area contributed by atoms with Crippen LogP contribution in [0, 0.1) is 18.3 Å². The average Bonchev–Trinajstić information content (AvgIpc) is 2.38. The summed E-state index contributed by atoms with van der Waals surface area (Å²) >= 11 is 0. The fourth-order valence-electron chi connectivity index (χ4n) is 2.00. The van der Waals surface area contributed by atoms with Gasteiger partial charge in [-0.3, -0.25) is 0 Å². The van der Waals surface area contributed by atoms with Crippen molar-refractivity contribution in [2.24, 2.45) is 0 Å². The van der Waals surface area contributed by atoms with E-state index in [0.717, 1.165) is 43.0 Å². The largest absolute Gasteiger partial charge is 0.384 e. The Kier molecular flexibility index (Phi) is 6.24. The van der Waals surface area contributed by atoms with Crippen molar-refractivity contribution < 1.29 is 0 Å². The molecule has 0 amide bonds. The van der Waals surface area contributed by atoms with Crippen LogP contribution in [0.15, 0.2) is 18.2 Å². The first-order valence-electron chi connectivity index (χ1n) is 6.68. The maximum Gasteiger partial charge on any atom is 0.0994 e. The second-order valence-electron chi connectivity index (χ2n) is 4.50. The molecule has 0 aliphatic heterocycles. The molecule has 0 atom stereocenters. The number of nitriles is 1. The van der Waals surface area contributed by atoms with Crippen LogP contribution in [0.25, 0.3) is 0 Å². The summed E-state index contributed by atoms with van der Waals surface area (Å²) in [4.78, 5) is 2.43. The van der Waals surface area contributed by atoms with Crippen LogP contribution in [0.5, 0.6) is 0 Å². The summed E-state index contributed by atoms with van der Waals surface area (Å²) in [6.45, 7) is 10.6. The molecule has 0 saturated carbocycles. The molecule has 18 heavy (non-hydrogen) atoms. The number of aryl methyl sites for hydroxylation is 1. The molecule has 0 spiro atoms. The Morgan fingerprint density at radius 1 is 1.28 bits per heavy atom. The van der Waals surface area contributed by atoms with Gasteiger partial charge in [0.25, 0.3) is 0 Å².